The van der Waals surface area contributed by atoms with Crippen molar-refractivity contribution in [1.82, 2.24) is 5.32 Å². The van der Waals surface area contributed by atoms with Crippen molar-refractivity contribution < 1.29 is 4.79 Å². The molecule has 1 amide bonds. The number of benzene rings is 3. The van der Waals surface area contributed by atoms with Gasteiger partial charge in [0, 0.05) is 18.9 Å². The highest BCUT2D eigenvalue weighted by atomic mass is 16.1. The second kappa shape index (κ2) is 8.29. The van der Waals surface area contributed by atoms with E-state index in [0.717, 1.165) is 5.56 Å². The van der Waals surface area contributed by atoms with Crippen LogP contribution in [-0.4, -0.2) is 5.91 Å². The number of carbonyl (C=O) groups excluding carboxylic acids is 1. The lowest BCUT2D eigenvalue weighted by atomic mass is 9.88. The van der Waals surface area contributed by atoms with Crippen molar-refractivity contribution in [2.75, 3.05) is 0 Å². The fraction of sp³-hybridized carbons (Fsp3) is 0.174. The van der Waals surface area contributed by atoms with Gasteiger partial charge in [0.15, 0.2) is 0 Å². The molecule has 3 aromatic rings. The van der Waals surface area contributed by atoms with E-state index in [1.807, 2.05) is 48.5 Å². The molecular formula is C23H23NO. The molecule has 0 saturated heterocycles. The van der Waals surface area contributed by atoms with E-state index in [1.165, 1.54) is 16.7 Å². The summed E-state index contributed by atoms with van der Waals surface area (Å²) in [4.78, 5) is 12.5. The van der Waals surface area contributed by atoms with Gasteiger partial charge in [0.25, 0.3) is 0 Å². The van der Waals surface area contributed by atoms with Gasteiger partial charge in [-0.2, -0.15) is 0 Å². The average molecular weight is 329 g/mol. The van der Waals surface area contributed by atoms with Crippen molar-refractivity contribution in [2.45, 2.75) is 25.8 Å². The zero-order chi connectivity index (χ0) is 17.5. The van der Waals surface area contributed by atoms with Gasteiger partial charge in [0.1, 0.15) is 0 Å². The van der Waals surface area contributed by atoms with Crippen LogP contribution in [0.25, 0.3) is 0 Å². The van der Waals surface area contributed by atoms with E-state index >= 15 is 0 Å². The Morgan fingerprint density at radius 3 is 2.00 bits per heavy atom. The Morgan fingerprint density at radius 1 is 0.840 bits per heavy atom. The fourth-order valence-electron chi connectivity index (χ4n) is 3.08. The van der Waals surface area contributed by atoms with Crippen LogP contribution in [-0.2, 0) is 11.3 Å². The molecule has 25 heavy (non-hydrogen) atoms. The Kier molecular flexibility index (Phi) is 5.63. The van der Waals surface area contributed by atoms with Gasteiger partial charge in [0.05, 0.1) is 0 Å². The third-order valence-electron chi connectivity index (χ3n) is 4.37. The smallest absolute Gasteiger partial charge is 0.221 e. The van der Waals surface area contributed by atoms with E-state index in [4.69, 9.17) is 0 Å². The van der Waals surface area contributed by atoms with Crippen LogP contribution in [0.1, 0.15) is 34.6 Å². The van der Waals surface area contributed by atoms with Crippen LogP contribution in [0, 0.1) is 6.92 Å². The van der Waals surface area contributed by atoms with Crippen molar-refractivity contribution >= 4 is 5.91 Å². The van der Waals surface area contributed by atoms with Gasteiger partial charge in [-0.05, 0) is 23.6 Å². The average Bonchev–Trinajstić information content (AvgIpc) is 2.66. The monoisotopic (exact) mass is 329 g/mol. The molecule has 0 saturated carbocycles. The number of amides is 1. The summed E-state index contributed by atoms with van der Waals surface area (Å²) in [5.41, 5.74) is 4.67. The minimum atomic E-state index is 0.0687. The molecule has 3 rings (SSSR count). The Morgan fingerprint density at radius 2 is 1.44 bits per heavy atom. The molecule has 0 spiro atoms. The van der Waals surface area contributed by atoms with Crippen LogP contribution in [0.4, 0.5) is 0 Å². The van der Waals surface area contributed by atoms with Crippen molar-refractivity contribution in [1.29, 1.82) is 0 Å². The molecule has 3 aromatic carbocycles. The largest absolute Gasteiger partial charge is 0.352 e. The molecule has 0 aliphatic rings. The highest BCUT2D eigenvalue weighted by Crippen LogP contribution is 2.27. The number of hydrogen-bond acceptors (Lipinski definition) is 1. The van der Waals surface area contributed by atoms with E-state index in [0.29, 0.717) is 13.0 Å². The summed E-state index contributed by atoms with van der Waals surface area (Å²) in [6.07, 6.45) is 0.444. The molecule has 0 unspecified atom stereocenters. The first kappa shape index (κ1) is 17.0. The van der Waals surface area contributed by atoms with Crippen LogP contribution < -0.4 is 5.32 Å². The maximum atomic E-state index is 12.5. The summed E-state index contributed by atoms with van der Waals surface area (Å²) < 4.78 is 0. The topological polar surface area (TPSA) is 29.1 Å². The second-order valence-corrected chi connectivity index (χ2v) is 6.34. The second-order valence-electron chi connectivity index (χ2n) is 6.34. The zero-order valence-electron chi connectivity index (χ0n) is 14.5. The van der Waals surface area contributed by atoms with Crippen molar-refractivity contribution in [2.24, 2.45) is 0 Å². The molecule has 0 aliphatic carbocycles. The Labute approximate surface area is 149 Å². The normalized spacial score (nSPS) is 10.6. The van der Waals surface area contributed by atoms with E-state index < -0.39 is 0 Å². The van der Waals surface area contributed by atoms with Crippen molar-refractivity contribution in [3.8, 4) is 0 Å². The van der Waals surface area contributed by atoms with Crippen molar-refractivity contribution in [3.05, 3.63) is 107 Å². The van der Waals surface area contributed by atoms with Crippen LogP contribution in [0.15, 0.2) is 84.9 Å². The van der Waals surface area contributed by atoms with Gasteiger partial charge in [-0.3, -0.25) is 4.79 Å². The first-order valence-electron chi connectivity index (χ1n) is 8.64. The van der Waals surface area contributed by atoms with Crippen LogP contribution in [0.5, 0.6) is 0 Å². The summed E-state index contributed by atoms with van der Waals surface area (Å²) in [7, 11) is 0. The molecule has 126 valence electrons. The maximum absolute atomic E-state index is 12.5. The van der Waals surface area contributed by atoms with E-state index in [9.17, 15) is 4.79 Å². The van der Waals surface area contributed by atoms with Crippen LogP contribution in [0.2, 0.25) is 0 Å². The Bertz CT molecular complexity index is 772. The molecule has 0 atom stereocenters. The number of nitrogens with one attached hydrogen (secondary N) is 1. The molecule has 0 bridgehead atoms. The summed E-state index contributed by atoms with van der Waals surface area (Å²) in [5, 5.41) is 3.06. The van der Waals surface area contributed by atoms with Gasteiger partial charge in [-0.1, -0.05) is 90.5 Å². The molecule has 0 aromatic heterocycles. The molecular weight excluding hydrogens is 306 g/mol. The number of rotatable bonds is 6. The minimum absolute atomic E-state index is 0.0687. The lowest BCUT2D eigenvalue weighted by Gasteiger charge is -2.18. The van der Waals surface area contributed by atoms with E-state index in [2.05, 4.69) is 48.6 Å². The van der Waals surface area contributed by atoms with Gasteiger partial charge in [-0.15, -0.1) is 0 Å². The zero-order valence-corrected chi connectivity index (χ0v) is 14.5. The summed E-state index contributed by atoms with van der Waals surface area (Å²) in [6, 6.07) is 28.7. The lowest BCUT2D eigenvalue weighted by molar-refractivity contribution is -0.121. The minimum Gasteiger partial charge on any atom is -0.352 e. The molecule has 0 heterocycles. The first-order valence-corrected chi connectivity index (χ1v) is 8.64. The lowest BCUT2D eigenvalue weighted by Crippen LogP contribution is -2.25. The van der Waals surface area contributed by atoms with Gasteiger partial charge in [-0.25, -0.2) is 0 Å². The Balaban J connectivity index is 1.71. The van der Waals surface area contributed by atoms with Crippen molar-refractivity contribution in [3.63, 3.8) is 0 Å². The SMILES string of the molecule is Cc1cccc(CNC(=O)CC(c2ccccc2)c2ccccc2)c1. The standard InChI is InChI=1S/C23H23NO/c1-18-9-8-10-19(15-18)17-24-23(25)16-22(20-11-4-2-5-12-20)21-13-6-3-7-14-21/h2-15,22H,16-17H2,1H3,(H,24,25). The first-order chi connectivity index (χ1) is 12.2. The third-order valence-corrected chi connectivity index (χ3v) is 4.37. The fourth-order valence-corrected chi connectivity index (χ4v) is 3.08. The maximum Gasteiger partial charge on any atom is 0.221 e. The molecule has 0 fully saturated rings. The molecule has 2 nitrogen and oxygen atoms in total. The number of hydrogen-bond donors (Lipinski definition) is 1. The molecule has 0 aliphatic heterocycles. The summed E-state index contributed by atoms with van der Waals surface area (Å²) in [6.45, 7) is 2.63. The van der Waals surface area contributed by atoms with E-state index in [1.54, 1.807) is 0 Å². The molecule has 1 N–H and O–H groups in total. The number of carbonyl (C=O) groups is 1. The molecule has 2 heteroatoms. The predicted octanol–water partition coefficient (Wildman–Crippen LogP) is 4.83. The molecule has 0 radical (unpaired) electrons. The van der Waals surface area contributed by atoms with Gasteiger partial charge >= 0.3 is 0 Å². The van der Waals surface area contributed by atoms with E-state index in [-0.39, 0.29) is 11.8 Å². The highest BCUT2D eigenvalue weighted by molar-refractivity contribution is 5.77. The van der Waals surface area contributed by atoms with Crippen LogP contribution in [0.3, 0.4) is 0 Å². The highest BCUT2D eigenvalue weighted by Gasteiger charge is 2.17. The van der Waals surface area contributed by atoms with Gasteiger partial charge < -0.3 is 5.32 Å². The Hall–Kier alpha value is -2.87. The van der Waals surface area contributed by atoms with Gasteiger partial charge in [0.2, 0.25) is 5.91 Å². The third kappa shape index (κ3) is 4.80. The predicted molar refractivity (Wildman–Crippen MR) is 102 cm³/mol. The summed E-state index contributed by atoms with van der Waals surface area (Å²) in [5.74, 6) is 0.138. The van der Waals surface area contributed by atoms with Crippen LogP contribution >= 0.6 is 0 Å². The number of aryl methyl sites for hydroxylation is 1. The quantitative estimate of drug-likeness (QED) is 0.689. The summed E-state index contributed by atoms with van der Waals surface area (Å²) >= 11 is 0.